The molecule has 1 aliphatic rings. The maximum atomic E-state index is 12.2. The number of hydrogen-bond acceptors (Lipinski definition) is 4. The molecule has 0 unspecified atom stereocenters. The summed E-state index contributed by atoms with van der Waals surface area (Å²) >= 11 is 0. The number of aromatic nitrogens is 1. The molecule has 1 aromatic carbocycles. The molecule has 2 amide bonds. The first-order valence-electron chi connectivity index (χ1n) is 9.11. The van der Waals surface area contributed by atoms with Gasteiger partial charge in [-0.1, -0.05) is 18.2 Å². The van der Waals surface area contributed by atoms with E-state index in [0.717, 1.165) is 37.1 Å². The summed E-state index contributed by atoms with van der Waals surface area (Å²) in [6, 6.07) is 7.83. The van der Waals surface area contributed by atoms with E-state index in [1.807, 2.05) is 36.1 Å². The molecule has 26 heavy (non-hydrogen) atoms. The Bertz CT molecular complexity index is 791. The maximum absolute atomic E-state index is 12.2. The maximum Gasteiger partial charge on any atom is 0.241 e. The number of carbonyl (C=O) groups is 2. The molecular formula is C20H25N3O3. The summed E-state index contributed by atoms with van der Waals surface area (Å²) in [6.45, 7) is 5.41. The standard InChI is InChI=1S/C20H25N3O3/c1-14-8-4-5-9-16(14)20-22-17(15(2)26-20)12-18(24)21-13-19(25)23-10-6-3-7-11-23/h4-5,8-9H,3,6-7,10-13H2,1-2H3,(H,21,24). The van der Waals surface area contributed by atoms with Crippen molar-refractivity contribution in [2.24, 2.45) is 0 Å². The summed E-state index contributed by atoms with van der Waals surface area (Å²) < 4.78 is 5.74. The molecule has 1 saturated heterocycles. The minimum Gasteiger partial charge on any atom is -0.441 e. The predicted molar refractivity (Wildman–Crippen MR) is 98.6 cm³/mol. The molecule has 6 nitrogen and oxygen atoms in total. The average Bonchev–Trinajstić information content (AvgIpc) is 3.01. The van der Waals surface area contributed by atoms with Crippen molar-refractivity contribution in [2.45, 2.75) is 39.5 Å². The second kappa shape index (κ2) is 8.17. The first kappa shape index (κ1) is 18.2. The van der Waals surface area contributed by atoms with Gasteiger partial charge in [0.1, 0.15) is 5.76 Å². The SMILES string of the molecule is Cc1ccccc1-c1nc(CC(=O)NCC(=O)N2CCCCC2)c(C)o1. The molecule has 3 rings (SSSR count). The summed E-state index contributed by atoms with van der Waals surface area (Å²) in [4.78, 5) is 30.6. The Balaban J connectivity index is 1.58. The first-order chi connectivity index (χ1) is 12.5. The van der Waals surface area contributed by atoms with Gasteiger partial charge < -0.3 is 14.6 Å². The molecule has 2 aromatic rings. The molecule has 1 aromatic heterocycles. The third-order valence-electron chi connectivity index (χ3n) is 4.74. The smallest absolute Gasteiger partial charge is 0.241 e. The summed E-state index contributed by atoms with van der Waals surface area (Å²) in [5, 5.41) is 2.70. The third-order valence-corrected chi connectivity index (χ3v) is 4.74. The Labute approximate surface area is 153 Å². The van der Waals surface area contributed by atoms with E-state index in [0.29, 0.717) is 17.3 Å². The van der Waals surface area contributed by atoms with E-state index in [-0.39, 0.29) is 24.8 Å². The quantitative estimate of drug-likeness (QED) is 0.895. The molecule has 1 aliphatic heterocycles. The van der Waals surface area contributed by atoms with Crippen molar-refractivity contribution in [3.63, 3.8) is 0 Å². The van der Waals surface area contributed by atoms with Crippen LogP contribution in [0.5, 0.6) is 0 Å². The number of likely N-dealkylation sites (tertiary alicyclic amines) is 1. The number of carbonyl (C=O) groups excluding carboxylic acids is 2. The van der Waals surface area contributed by atoms with Gasteiger partial charge >= 0.3 is 0 Å². The van der Waals surface area contributed by atoms with E-state index >= 15 is 0 Å². The highest BCUT2D eigenvalue weighted by Gasteiger charge is 2.19. The fourth-order valence-corrected chi connectivity index (χ4v) is 3.16. The molecule has 0 atom stereocenters. The zero-order valence-corrected chi connectivity index (χ0v) is 15.4. The van der Waals surface area contributed by atoms with Gasteiger partial charge in [0.25, 0.3) is 0 Å². The van der Waals surface area contributed by atoms with Gasteiger partial charge in [0.15, 0.2) is 0 Å². The highest BCUT2D eigenvalue weighted by Crippen LogP contribution is 2.24. The van der Waals surface area contributed by atoms with Crippen molar-refractivity contribution >= 4 is 11.8 Å². The molecule has 2 heterocycles. The van der Waals surface area contributed by atoms with Crippen molar-refractivity contribution in [3.05, 3.63) is 41.3 Å². The number of hydrogen-bond donors (Lipinski definition) is 1. The topological polar surface area (TPSA) is 75.4 Å². The average molecular weight is 355 g/mol. The largest absolute Gasteiger partial charge is 0.441 e. The fourth-order valence-electron chi connectivity index (χ4n) is 3.16. The van der Waals surface area contributed by atoms with Crippen LogP contribution in [0.4, 0.5) is 0 Å². The Kier molecular flexibility index (Phi) is 5.71. The van der Waals surface area contributed by atoms with Crippen molar-refractivity contribution in [1.82, 2.24) is 15.2 Å². The zero-order chi connectivity index (χ0) is 18.5. The minimum atomic E-state index is -0.219. The number of aryl methyl sites for hydroxylation is 2. The number of nitrogens with zero attached hydrogens (tertiary/aromatic N) is 2. The number of rotatable bonds is 5. The van der Waals surface area contributed by atoms with Crippen LogP contribution in [0.1, 0.15) is 36.3 Å². The van der Waals surface area contributed by atoms with Gasteiger partial charge in [0, 0.05) is 18.7 Å². The van der Waals surface area contributed by atoms with Crippen LogP contribution in [0.15, 0.2) is 28.7 Å². The van der Waals surface area contributed by atoms with Gasteiger partial charge in [-0.15, -0.1) is 0 Å². The molecule has 0 saturated carbocycles. The zero-order valence-electron chi connectivity index (χ0n) is 15.4. The number of benzene rings is 1. The predicted octanol–water partition coefficient (Wildman–Crippen LogP) is 2.63. The van der Waals surface area contributed by atoms with Crippen molar-refractivity contribution in [3.8, 4) is 11.5 Å². The van der Waals surface area contributed by atoms with Gasteiger partial charge in [0.05, 0.1) is 18.7 Å². The highest BCUT2D eigenvalue weighted by molar-refractivity contribution is 5.85. The van der Waals surface area contributed by atoms with E-state index in [1.165, 1.54) is 6.42 Å². The van der Waals surface area contributed by atoms with E-state index in [4.69, 9.17) is 4.42 Å². The van der Waals surface area contributed by atoms with Gasteiger partial charge in [-0.25, -0.2) is 4.98 Å². The molecule has 0 radical (unpaired) electrons. The van der Waals surface area contributed by atoms with Gasteiger partial charge in [-0.05, 0) is 44.7 Å². The van der Waals surface area contributed by atoms with Gasteiger partial charge in [-0.3, -0.25) is 9.59 Å². The van der Waals surface area contributed by atoms with Crippen molar-refractivity contribution in [1.29, 1.82) is 0 Å². The minimum absolute atomic E-state index is 0.0180. The molecule has 0 spiro atoms. The monoisotopic (exact) mass is 355 g/mol. The lowest BCUT2D eigenvalue weighted by Crippen LogP contribution is -2.42. The Morgan fingerprint density at radius 2 is 1.88 bits per heavy atom. The molecule has 0 aliphatic carbocycles. The Morgan fingerprint density at radius 3 is 2.62 bits per heavy atom. The summed E-state index contributed by atoms with van der Waals surface area (Å²) in [5.41, 5.74) is 2.59. The van der Waals surface area contributed by atoms with Crippen LogP contribution >= 0.6 is 0 Å². The number of oxazole rings is 1. The highest BCUT2D eigenvalue weighted by atomic mass is 16.4. The molecular weight excluding hydrogens is 330 g/mol. The van der Waals surface area contributed by atoms with E-state index in [1.54, 1.807) is 6.92 Å². The van der Waals surface area contributed by atoms with Gasteiger partial charge in [-0.2, -0.15) is 0 Å². The van der Waals surface area contributed by atoms with Crippen LogP contribution < -0.4 is 5.32 Å². The van der Waals surface area contributed by atoms with E-state index < -0.39 is 0 Å². The molecule has 6 heteroatoms. The lowest BCUT2D eigenvalue weighted by atomic mass is 10.1. The van der Waals surface area contributed by atoms with E-state index in [9.17, 15) is 9.59 Å². The Hall–Kier alpha value is -2.63. The fraction of sp³-hybridized carbons (Fsp3) is 0.450. The van der Waals surface area contributed by atoms with Crippen LogP contribution in [-0.4, -0.2) is 41.3 Å². The number of amides is 2. The second-order valence-corrected chi connectivity index (χ2v) is 6.73. The van der Waals surface area contributed by atoms with E-state index in [2.05, 4.69) is 10.3 Å². The summed E-state index contributed by atoms with van der Waals surface area (Å²) in [7, 11) is 0. The van der Waals surface area contributed by atoms with Crippen molar-refractivity contribution in [2.75, 3.05) is 19.6 Å². The van der Waals surface area contributed by atoms with Crippen LogP contribution in [-0.2, 0) is 16.0 Å². The first-order valence-corrected chi connectivity index (χ1v) is 9.11. The normalized spacial score (nSPS) is 14.3. The Morgan fingerprint density at radius 1 is 1.15 bits per heavy atom. The lowest BCUT2D eigenvalue weighted by Gasteiger charge is -2.26. The summed E-state index contributed by atoms with van der Waals surface area (Å²) in [6.07, 6.45) is 3.36. The van der Waals surface area contributed by atoms with Crippen molar-refractivity contribution < 1.29 is 14.0 Å². The van der Waals surface area contributed by atoms with Crippen LogP contribution in [0.2, 0.25) is 0 Å². The molecule has 1 fully saturated rings. The number of piperidine rings is 1. The summed E-state index contributed by atoms with van der Waals surface area (Å²) in [5.74, 6) is 0.909. The molecule has 0 bridgehead atoms. The number of nitrogens with one attached hydrogen (secondary N) is 1. The van der Waals surface area contributed by atoms with Crippen LogP contribution in [0, 0.1) is 13.8 Å². The lowest BCUT2D eigenvalue weighted by molar-refractivity contribution is -0.133. The van der Waals surface area contributed by atoms with Crippen LogP contribution in [0.3, 0.4) is 0 Å². The van der Waals surface area contributed by atoms with Crippen LogP contribution in [0.25, 0.3) is 11.5 Å². The molecule has 1 N–H and O–H groups in total. The second-order valence-electron chi connectivity index (χ2n) is 6.73. The third kappa shape index (κ3) is 4.31. The van der Waals surface area contributed by atoms with Gasteiger partial charge in [0.2, 0.25) is 17.7 Å². The molecule has 138 valence electrons.